The highest BCUT2D eigenvalue weighted by molar-refractivity contribution is 5.81. The molecule has 1 aromatic heterocycles. The number of ether oxygens (including phenoxy) is 1. The van der Waals surface area contributed by atoms with Gasteiger partial charge >= 0.3 is 0 Å². The molecule has 0 radical (unpaired) electrons. The number of phenolic OH excluding ortho intramolecular Hbond substituents is 1. The van der Waals surface area contributed by atoms with Crippen LogP contribution in [0, 0.1) is 5.82 Å². The van der Waals surface area contributed by atoms with Gasteiger partial charge in [-0.2, -0.15) is 0 Å². The molecule has 1 heterocycles. The number of para-hydroxylation sites is 2. The third kappa shape index (κ3) is 2.48. The van der Waals surface area contributed by atoms with Crippen LogP contribution in [0.1, 0.15) is 0 Å². The fourth-order valence-electron chi connectivity index (χ4n) is 2.38. The highest BCUT2D eigenvalue weighted by Crippen LogP contribution is 2.31. The van der Waals surface area contributed by atoms with E-state index in [1.165, 1.54) is 12.1 Å². The van der Waals surface area contributed by atoms with Gasteiger partial charge in [0, 0.05) is 19.7 Å². The topological polar surface area (TPSA) is 47.3 Å². The molecular formula is C16H15FN2O2. The van der Waals surface area contributed by atoms with Crippen LogP contribution in [0.15, 0.2) is 42.5 Å². The summed E-state index contributed by atoms with van der Waals surface area (Å²) in [5, 5.41) is 10.00. The van der Waals surface area contributed by atoms with E-state index < -0.39 is 5.82 Å². The smallest absolute Gasteiger partial charge is 0.144 e. The van der Waals surface area contributed by atoms with Crippen LogP contribution in [0.25, 0.3) is 22.4 Å². The van der Waals surface area contributed by atoms with Gasteiger partial charge in [-0.05, 0) is 24.3 Å². The fraction of sp³-hybridized carbons (Fsp3) is 0.188. The summed E-state index contributed by atoms with van der Waals surface area (Å²) < 4.78 is 20.3. The number of benzene rings is 2. The summed E-state index contributed by atoms with van der Waals surface area (Å²) in [6.07, 6.45) is 0. The molecule has 0 aliphatic carbocycles. The van der Waals surface area contributed by atoms with Crippen LogP contribution < -0.4 is 0 Å². The van der Waals surface area contributed by atoms with Gasteiger partial charge < -0.3 is 14.4 Å². The molecule has 108 valence electrons. The van der Waals surface area contributed by atoms with Gasteiger partial charge in [-0.15, -0.1) is 0 Å². The molecule has 0 saturated carbocycles. The molecule has 0 aliphatic heterocycles. The summed E-state index contributed by atoms with van der Waals surface area (Å²) in [4.78, 5) is 4.55. The number of aromatic hydroxyl groups is 1. The Morgan fingerprint density at radius 3 is 2.81 bits per heavy atom. The molecule has 5 heteroatoms. The van der Waals surface area contributed by atoms with E-state index in [9.17, 15) is 9.50 Å². The Morgan fingerprint density at radius 1 is 1.24 bits per heavy atom. The predicted molar refractivity (Wildman–Crippen MR) is 78.7 cm³/mol. The highest BCUT2D eigenvalue weighted by Gasteiger charge is 2.15. The largest absolute Gasteiger partial charge is 0.507 e. The first-order valence-electron chi connectivity index (χ1n) is 6.64. The average molecular weight is 286 g/mol. The van der Waals surface area contributed by atoms with Gasteiger partial charge in [0.2, 0.25) is 0 Å². The number of halogens is 1. The number of methoxy groups -OCH3 is 1. The molecular weight excluding hydrogens is 271 g/mol. The Bertz CT molecular complexity index is 783. The summed E-state index contributed by atoms with van der Waals surface area (Å²) in [5.41, 5.74) is 2.28. The van der Waals surface area contributed by atoms with Gasteiger partial charge in [0.15, 0.2) is 0 Å². The Balaban J connectivity index is 2.20. The molecule has 21 heavy (non-hydrogen) atoms. The molecule has 3 aromatic rings. The number of fused-ring (bicyclic) bond motifs is 1. The number of rotatable bonds is 4. The number of nitrogens with zero attached hydrogens (tertiary/aromatic N) is 2. The predicted octanol–water partition coefficient (Wildman–Crippen LogP) is 3.19. The fourth-order valence-corrected chi connectivity index (χ4v) is 2.38. The Morgan fingerprint density at radius 2 is 2.05 bits per heavy atom. The van der Waals surface area contributed by atoms with E-state index in [-0.39, 0.29) is 5.75 Å². The van der Waals surface area contributed by atoms with Crippen molar-refractivity contribution in [1.29, 1.82) is 0 Å². The third-order valence-electron chi connectivity index (χ3n) is 3.37. The zero-order valence-electron chi connectivity index (χ0n) is 11.6. The molecule has 0 spiro atoms. The van der Waals surface area contributed by atoms with E-state index in [0.29, 0.717) is 24.5 Å². The highest BCUT2D eigenvalue weighted by atomic mass is 19.1. The van der Waals surface area contributed by atoms with Gasteiger partial charge in [-0.1, -0.05) is 12.1 Å². The van der Waals surface area contributed by atoms with Crippen LogP contribution in [-0.2, 0) is 11.3 Å². The van der Waals surface area contributed by atoms with Crippen molar-refractivity contribution < 1.29 is 14.2 Å². The second-order valence-electron chi connectivity index (χ2n) is 4.73. The lowest BCUT2D eigenvalue weighted by molar-refractivity contribution is 0.188. The lowest BCUT2D eigenvalue weighted by Crippen LogP contribution is -2.06. The number of aromatic nitrogens is 2. The van der Waals surface area contributed by atoms with Gasteiger partial charge in [0.05, 0.1) is 23.2 Å². The third-order valence-corrected chi connectivity index (χ3v) is 3.37. The maximum Gasteiger partial charge on any atom is 0.144 e. The first kappa shape index (κ1) is 13.6. The van der Waals surface area contributed by atoms with Crippen LogP contribution >= 0.6 is 0 Å². The van der Waals surface area contributed by atoms with Gasteiger partial charge in [-0.3, -0.25) is 0 Å². The number of hydrogen-bond donors (Lipinski definition) is 1. The molecule has 0 saturated heterocycles. The second-order valence-corrected chi connectivity index (χ2v) is 4.73. The number of phenols is 1. The Hall–Kier alpha value is -2.40. The molecule has 0 aliphatic rings. The zero-order chi connectivity index (χ0) is 14.8. The number of imidazole rings is 1. The van der Waals surface area contributed by atoms with Crippen molar-refractivity contribution in [3.63, 3.8) is 0 Å². The van der Waals surface area contributed by atoms with Crippen molar-refractivity contribution >= 4 is 11.0 Å². The summed E-state index contributed by atoms with van der Waals surface area (Å²) in [7, 11) is 1.63. The van der Waals surface area contributed by atoms with Crippen LogP contribution in [-0.4, -0.2) is 28.4 Å². The van der Waals surface area contributed by atoms with Crippen molar-refractivity contribution in [2.24, 2.45) is 0 Å². The molecule has 0 amide bonds. The number of hydrogen-bond acceptors (Lipinski definition) is 3. The standard InChI is InChI=1S/C16H15FN2O2/c1-21-9-8-19-14-5-3-2-4-13(14)18-16(19)12-7-6-11(17)10-15(12)20/h2-7,10,20H,8-9H2,1H3. The van der Waals surface area contributed by atoms with Crippen molar-refractivity contribution in [2.75, 3.05) is 13.7 Å². The van der Waals surface area contributed by atoms with Crippen LogP contribution in [0.4, 0.5) is 4.39 Å². The van der Waals surface area contributed by atoms with Crippen LogP contribution in [0.5, 0.6) is 5.75 Å². The lowest BCUT2D eigenvalue weighted by Gasteiger charge is -2.10. The van der Waals surface area contributed by atoms with Gasteiger partial charge in [-0.25, -0.2) is 9.37 Å². The Kier molecular flexibility index (Phi) is 3.58. The van der Waals surface area contributed by atoms with Crippen molar-refractivity contribution in [3.05, 3.63) is 48.3 Å². The first-order valence-corrected chi connectivity index (χ1v) is 6.64. The minimum absolute atomic E-state index is 0.121. The average Bonchev–Trinajstić information content (AvgIpc) is 2.83. The lowest BCUT2D eigenvalue weighted by atomic mass is 10.2. The van der Waals surface area contributed by atoms with E-state index in [4.69, 9.17) is 4.74 Å². The normalized spacial score (nSPS) is 11.1. The van der Waals surface area contributed by atoms with Crippen molar-refractivity contribution in [3.8, 4) is 17.1 Å². The van der Waals surface area contributed by atoms with Gasteiger partial charge in [0.25, 0.3) is 0 Å². The van der Waals surface area contributed by atoms with Crippen molar-refractivity contribution in [1.82, 2.24) is 9.55 Å². The second kappa shape index (κ2) is 5.54. The van der Waals surface area contributed by atoms with Gasteiger partial charge in [0.1, 0.15) is 17.4 Å². The molecule has 1 N–H and O–H groups in total. The molecule has 4 nitrogen and oxygen atoms in total. The summed E-state index contributed by atoms with van der Waals surface area (Å²) in [6.45, 7) is 1.12. The zero-order valence-corrected chi connectivity index (χ0v) is 11.6. The molecule has 0 unspecified atom stereocenters. The Labute approximate surface area is 121 Å². The van der Waals surface area contributed by atoms with E-state index >= 15 is 0 Å². The van der Waals surface area contributed by atoms with Crippen LogP contribution in [0.2, 0.25) is 0 Å². The summed E-state index contributed by atoms with van der Waals surface area (Å²) >= 11 is 0. The minimum Gasteiger partial charge on any atom is -0.507 e. The van der Waals surface area contributed by atoms with E-state index in [2.05, 4.69) is 4.98 Å². The molecule has 0 fully saturated rings. The minimum atomic E-state index is -0.476. The molecule has 0 atom stereocenters. The first-order chi connectivity index (χ1) is 10.2. The molecule has 0 bridgehead atoms. The quantitative estimate of drug-likeness (QED) is 0.801. The van der Waals surface area contributed by atoms with E-state index in [1.807, 2.05) is 28.8 Å². The SMILES string of the molecule is COCCn1c(-c2ccc(F)cc2O)nc2ccccc21. The summed E-state index contributed by atoms with van der Waals surface area (Å²) in [5.74, 6) is 0.00512. The summed E-state index contributed by atoms with van der Waals surface area (Å²) in [6, 6.07) is 11.6. The van der Waals surface area contributed by atoms with Crippen molar-refractivity contribution in [2.45, 2.75) is 6.54 Å². The maximum atomic E-state index is 13.2. The van der Waals surface area contributed by atoms with E-state index in [0.717, 1.165) is 17.1 Å². The van der Waals surface area contributed by atoms with Crippen LogP contribution in [0.3, 0.4) is 0 Å². The monoisotopic (exact) mass is 286 g/mol. The molecule has 3 rings (SSSR count). The van der Waals surface area contributed by atoms with E-state index in [1.54, 1.807) is 7.11 Å². The molecule has 2 aromatic carbocycles. The maximum absolute atomic E-state index is 13.2.